The van der Waals surface area contributed by atoms with Crippen LogP contribution in [0.1, 0.15) is 29.6 Å². The molecule has 0 atom stereocenters. The Hall–Kier alpha value is -2.89. The molecule has 0 saturated carbocycles. The Bertz CT molecular complexity index is 879. The maximum Gasteiger partial charge on any atom is 0.259 e. The zero-order valence-electron chi connectivity index (χ0n) is 13.8. The molecule has 3 heterocycles. The Morgan fingerprint density at radius 3 is 2.44 bits per heavy atom. The van der Waals surface area contributed by atoms with E-state index in [4.69, 9.17) is 0 Å². The molecular weight excluding hydrogens is 319 g/mol. The van der Waals surface area contributed by atoms with Crippen molar-refractivity contribution >= 4 is 5.91 Å². The van der Waals surface area contributed by atoms with Crippen molar-refractivity contribution in [3.8, 4) is 11.5 Å². The number of piperidine rings is 1. The number of hydrogen-bond donors (Lipinski definition) is 0. The van der Waals surface area contributed by atoms with Gasteiger partial charge >= 0.3 is 0 Å². The smallest absolute Gasteiger partial charge is 0.259 e. The molecule has 5 nitrogen and oxygen atoms in total. The average Bonchev–Trinajstić information content (AvgIpc) is 3.31. The monoisotopic (exact) mass is 338 g/mol. The van der Waals surface area contributed by atoms with Gasteiger partial charge in [0.05, 0.1) is 6.20 Å². The van der Waals surface area contributed by atoms with Crippen LogP contribution in [0.3, 0.4) is 0 Å². The van der Waals surface area contributed by atoms with E-state index in [9.17, 15) is 9.18 Å². The van der Waals surface area contributed by atoms with Crippen LogP contribution in [-0.2, 0) is 0 Å². The second kappa shape index (κ2) is 6.55. The zero-order valence-corrected chi connectivity index (χ0v) is 13.8. The molecular formula is C19H19FN4O. The minimum Gasteiger partial charge on any atom is -0.338 e. The molecule has 25 heavy (non-hydrogen) atoms. The highest BCUT2D eigenvalue weighted by molar-refractivity contribution is 5.97. The first kappa shape index (κ1) is 15.6. The lowest BCUT2D eigenvalue weighted by molar-refractivity contribution is 0.0724. The third-order valence-electron chi connectivity index (χ3n) is 4.55. The summed E-state index contributed by atoms with van der Waals surface area (Å²) >= 11 is 0. The highest BCUT2D eigenvalue weighted by Gasteiger charge is 2.25. The van der Waals surface area contributed by atoms with E-state index < -0.39 is 0 Å². The summed E-state index contributed by atoms with van der Waals surface area (Å²) in [6, 6.07) is 10.2. The van der Waals surface area contributed by atoms with Crippen LogP contribution < -0.4 is 0 Å². The van der Waals surface area contributed by atoms with E-state index >= 15 is 0 Å². The summed E-state index contributed by atoms with van der Waals surface area (Å²) in [6.45, 7) is 1.52. The van der Waals surface area contributed by atoms with Gasteiger partial charge in [-0.05, 0) is 43.5 Å². The molecule has 1 fully saturated rings. The van der Waals surface area contributed by atoms with Gasteiger partial charge in [-0.25, -0.2) is 9.07 Å². The molecule has 0 unspecified atom stereocenters. The van der Waals surface area contributed by atoms with Gasteiger partial charge in [0.2, 0.25) is 0 Å². The van der Waals surface area contributed by atoms with E-state index in [1.807, 2.05) is 29.4 Å². The molecule has 4 rings (SSSR count). The van der Waals surface area contributed by atoms with E-state index in [-0.39, 0.29) is 11.7 Å². The standard InChI is InChI=1S/C19H19FN4O/c20-16-8-2-3-9-17(16)24-18(22-10-6-7-11-22)15(14-21-24)19(25)23-12-4-1-5-13-23/h2-3,6-11,14H,1,4-5,12-13H2. The highest BCUT2D eigenvalue weighted by Crippen LogP contribution is 2.24. The van der Waals surface area contributed by atoms with Crippen LogP contribution in [0.25, 0.3) is 11.5 Å². The first-order valence-corrected chi connectivity index (χ1v) is 8.51. The van der Waals surface area contributed by atoms with Crippen molar-refractivity contribution < 1.29 is 9.18 Å². The largest absolute Gasteiger partial charge is 0.338 e. The molecule has 2 aromatic heterocycles. The van der Waals surface area contributed by atoms with Crippen molar-refractivity contribution in [3.63, 3.8) is 0 Å². The fourth-order valence-electron chi connectivity index (χ4n) is 3.28. The van der Waals surface area contributed by atoms with Crippen molar-refractivity contribution in [3.05, 3.63) is 66.4 Å². The van der Waals surface area contributed by atoms with Crippen molar-refractivity contribution in [2.45, 2.75) is 19.3 Å². The van der Waals surface area contributed by atoms with Gasteiger partial charge in [0.25, 0.3) is 5.91 Å². The summed E-state index contributed by atoms with van der Waals surface area (Å²) in [5.74, 6) is 0.132. The molecule has 1 saturated heterocycles. The SMILES string of the molecule is O=C(c1cnn(-c2ccccc2F)c1-n1cccc1)N1CCCCC1. The van der Waals surface area contributed by atoms with Crippen LogP contribution >= 0.6 is 0 Å². The summed E-state index contributed by atoms with van der Waals surface area (Å²) in [5.41, 5.74) is 0.810. The van der Waals surface area contributed by atoms with Gasteiger partial charge in [-0.1, -0.05) is 12.1 Å². The molecule has 0 bridgehead atoms. The van der Waals surface area contributed by atoms with Crippen molar-refractivity contribution in [2.75, 3.05) is 13.1 Å². The number of carbonyl (C=O) groups is 1. The quantitative estimate of drug-likeness (QED) is 0.734. The van der Waals surface area contributed by atoms with Gasteiger partial charge in [0, 0.05) is 25.5 Å². The van der Waals surface area contributed by atoms with Gasteiger partial charge < -0.3 is 9.47 Å². The Morgan fingerprint density at radius 2 is 1.72 bits per heavy atom. The lowest BCUT2D eigenvalue weighted by atomic mass is 10.1. The Balaban J connectivity index is 1.83. The average molecular weight is 338 g/mol. The van der Waals surface area contributed by atoms with Crippen molar-refractivity contribution in [2.24, 2.45) is 0 Å². The normalized spacial score (nSPS) is 14.7. The fraction of sp³-hybridized carbons (Fsp3) is 0.263. The predicted molar refractivity (Wildman–Crippen MR) is 92.6 cm³/mol. The van der Waals surface area contributed by atoms with Crippen LogP contribution in [0.5, 0.6) is 0 Å². The first-order chi connectivity index (χ1) is 12.3. The summed E-state index contributed by atoms with van der Waals surface area (Å²) in [5, 5.41) is 4.33. The maximum atomic E-state index is 14.3. The molecule has 6 heteroatoms. The molecule has 0 N–H and O–H groups in total. The number of hydrogen-bond acceptors (Lipinski definition) is 2. The molecule has 1 aliphatic heterocycles. The van der Waals surface area contributed by atoms with Crippen LogP contribution in [0.2, 0.25) is 0 Å². The first-order valence-electron chi connectivity index (χ1n) is 8.51. The Labute approximate surface area is 145 Å². The minimum atomic E-state index is -0.379. The number of halogens is 1. The molecule has 0 radical (unpaired) electrons. The number of carbonyl (C=O) groups excluding carboxylic acids is 1. The lowest BCUT2D eigenvalue weighted by Crippen LogP contribution is -2.36. The molecule has 1 aliphatic rings. The van der Waals surface area contributed by atoms with Gasteiger partial charge in [-0.3, -0.25) is 4.79 Å². The summed E-state index contributed by atoms with van der Waals surface area (Å²) < 4.78 is 17.6. The second-order valence-corrected chi connectivity index (χ2v) is 6.19. The molecule has 1 aromatic carbocycles. The zero-order chi connectivity index (χ0) is 17.2. The molecule has 0 aliphatic carbocycles. The minimum absolute atomic E-state index is 0.0500. The van der Waals surface area contributed by atoms with Gasteiger partial charge in [0.1, 0.15) is 17.1 Å². The van der Waals surface area contributed by atoms with Gasteiger partial charge in [-0.2, -0.15) is 5.10 Å². The van der Waals surface area contributed by atoms with Gasteiger partial charge in [-0.15, -0.1) is 0 Å². The third kappa shape index (κ3) is 2.84. The number of rotatable bonds is 3. The van der Waals surface area contributed by atoms with Crippen LogP contribution in [0.15, 0.2) is 55.0 Å². The third-order valence-corrected chi connectivity index (χ3v) is 4.55. The number of nitrogens with zero attached hydrogens (tertiary/aromatic N) is 4. The van der Waals surface area contributed by atoms with Crippen LogP contribution in [0, 0.1) is 5.82 Å². The summed E-state index contributed by atoms with van der Waals surface area (Å²) in [4.78, 5) is 14.9. The fourth-order valence-corrected chi connectivity index (χ4v) is 3.28. The van der Waals surface area contributed by atoms with E-state index in [0.717, 1.165) is 32.4 Å². The Kier molecular flexibility index (Phi) is 4.09. The molecule has 3 aromatic rings. The Morgan fingerprint density at radius 1 is 1.00 bits per heavy atom. The number of benzene rings is 1. The highest BCUT2D eigenvalue weighted by atomic mass is 19.1. The van der Waals surface area contributed by atoms with Crippen molar-refractivity contribution in [1.29, 1.82) is 0 Å². The van der Waals surface area contributed by atoms with Gasteiger partial charge in [0.15, 0.2) is 5.82 Å². The maximum absolute atomic E-state index is 14.3. The van der Waals surface area contributed by atoms with Crippen molar-refractivity contribution in [1.82, 2.24) is 19.2 Å². The summed E-state index contributed by atoms with van der Waals surface area (Å²) in [7, 11) is 0. The predicted octanol–water partition coefficient (Wildman–Crippen LogP) is 3.43. The lowest BCUT2D eigenvalue weighted by Gasteiger charge is -2.26. The van der Waals surface area contributed by atoms with Crippen LogP contribution in [-0.4, -0.2) is 38.2 Å². The van der Waals surface area contributed by atoms with E-state index in [2.05, 4.69) is 5.10 Å². The second-order valence-electron chi connectivity index (χ2n) is 6.19. The molecule has 0 spiro atoms. The number of amides is 1. The number of likely N-dealkylation sites (tertiary alicyclic amines) is 1. The van der Waals surface area contributed by atoms with E-state index in [1.165, 1.54) is 10.7 Å². The molecule has 128 valence electrons. The number of aromatic nitrogens is 3. The van der Waals surface area contributed by atoms with E-state index in [0.29, 0.717) is 17.1 Å². The van der Waals surface area contributed by atoms with E-state index in [1.54, 1.807) is 29.0 Å². The summed E-state index contributed by atoms with van der Waals surface area (Å²) in [6.07, 6.45) is 8.40. The number of para-hydroxylation sites is 1. The topological polar surface area (TPSA) is 43.1 Å². The molecule has 1 amide bonds. The van der Waals surface area contributed by atoms with Crippen LogP contribution in [0.4, 0.5) is 4.39 Å².